The van der Waals surface area contributed by atoms with Crippen LogP contribution in [0.1, 0.15) is 36.8 Å². The molecule has 4 rings (SSSR count). The highest BCUT2D eigenvalue weighted by atomic mass is 15.1. The molecule has 1 aromatic heterocycles. The van der Waals surface area contributed by atoms with Crippen molar-refractivity contribution in [2.75, 3.05) is 0 Å². The Morgan fingerprint density at radius 1 is 1.14 bits per heavy atom. The lowest BCUT2D eigenvalue weighted by Gasteiger charge is -2.23. The Morgan fingerprint density at radius 2 is 1.95 bits per heavy atom. The minimum atomic E-state index is 1.17. The van der Waals surface area contributed by atoms with Crippen LogP contribution in [0.4, 0.5) is 0 Å². The largest absolute Gasteiger partial charge is 0.280 e. The molecule has 0 unspecified atom stereocenters. The van der Waals surface area contributed by atoms with Crippen LogP contribution in [0, 0.1) is 0 Å². The molecule has 0 spiro atoms. The zero-order chi connectivity index (χ0) is 15.1. The summed E-state index contributed by atoms with van der Waals surface area (Å²) in [5, 5.41) is 0. The molecule has 2 aliphatic carbocycles. The molecular formula is C19H21BN2. The lowest BCUT2D eigenvalue weighted by Crippen LogP contribution is -2.50. The molecule has 0 amide bonds. The third-order valence-corrected chi connectivity index (χ3v) is 4.88. The molecule has 2 aromatic rings. The van der Waals surface area contributed by atoms with Gasteiger partial charge in [0.15, 0.2) is 0 Å². The summed E-state index contributed by atoms with van der Waals surface area (Å²) in [7, 11) is 6.62. The van der Waals surface area contributed by atoms with Gasteiger partial charge in [-0.15, -0.1) is 0 Å². The fourth-order valence-electron chi connectivity index (χ4n) is 3.72. The normalized spacial score (nSPS) is 17.1. The Balaban J connectivity index is 1.84. The van der Waals surface area contributed by atoms with E-state index in [4.69, 9.17) is 0 Å². The number of aromatic nitrogens is 2. The van der Waals surface area contributed by atoms with E-state index in [9.17, 15) is 0 Å². The van der Waals surface area contributed by atoms with Crippen LogP contribution in [0.5, 0.6) is 0 Å². The van der Waals surface area contributed by atoms with Gasteiger partial charge in [0.2, 0.25) is 0 Å². The first-order valence-corrected chi connectivity index (χ1v) is 8.13. The second kappa shape index (κ2) is 5.31. The summed E-state index contributed by atoms with van der Waals surface area (Å²) in [6, 6.07) is 8.82. The fraction of sp³-hybridized carbons (Fsp3) is 0.316. The molecule has 2 aliphatic rings. The molecule has 0 aliphatic heterocycles. The summed E-state index contributed by atoms with van der Waals surface area (Å²) in [6.45, 7) is 0. The van der Waals surface area contributed by atoms with Crippen LogP contribution in [0.2, 0.25) is 0 Å². The van der Waals surface area contributed by atoms with Gasteiger partial charge < -0.3 is 0 Å². The third-order valence-electron chi connectivity index (χ3n) is 4.88. The van der Waals surface area contributed by atoms with E-state index < -0.39 is 0 Å². The molecule has 110 valence electrons. The Labute approximate surface area is 133 Å². The highest BCUT2D eigenvalue weighted by Gasteiger charge is 2.20. The van der Waals surface area contributed by atoms with Gasteiger partial charge in [-0.05, 0) is 29.5 Å². The SMILES string of the molecule is Cn1cc[n+](C)c1[B-]C1=C2C(=Cc3ccccc32)CCCC1. The number of nitrogens with zero attached hydrogens (tertiary/aromatic N) is 2. The number of rotatable bonds is 2. The molecule has 0 saturated heterocycles. The molecule has 0 bridgehead atoms. The van der Waals surface area contributed by atoms with E-state index in [2.05, 4.69) is 73.2 Å². The first-order valence-electron chi connectivity index (χ1n) is 8.13. The van der Waals surface area contributed by atoms with E-state index in [1.807, 2.05) is 0 Å². The topological polar surface area (TPSA) is 8.81 Å². The first-order chi connectivity index (χ1) is 10.7. The summed E-state index contributed by atoms with van der Waals surface area (Å²) in [6.07, 6.45) is 11.6. The molecule has 3 heteroatoms. The lowest BCUT2D eigenvalue weighted by molar-refractivity contribution is -0.652. The van der Waals surface area contributed by atoms with Crippen LogP contribution in [0.15, 0.2) is 47.7 Å². The molecule has 0 fully saturated rings. The van der Waals surface area contributed by atoms with Crippen molar-refractivity contribution in [2.24, 2.45) is 14.1 Å². The standard InChI is InChI=1S/C19H21BN2/c1-21-11-12-22(2)19(21)20-17-10-6-4-8-15-13-14-7-3-5-9-16(14)18(15)17/h3,5,7,9,11-13H,4,6,8,10H2,1-2H3. The monoisotopic (exact) mass is 288 g/mol. The van der Waals surface area contributed by atoms with Crippen molar-refractivity contribution in [1.82, 2.24) is 4.57 Å². The average Bonchev–Trinajstić information content (AvgIpc) is 2.96. The summed E-state index contributed by atoms with van der Waals surface area (Å²) >= 11 is 0. The molecule has 0 atom stereocenters. The van der Waals surface area contributed by atoms with Gasteiger partial charge in [0.05, 0.1) is 14.1 Å². The van der Waals surface area contributed by atoms with Crippen molar-refractivity contribution in [1.29, 1.82) is 0 Å². The maximum atomic E-state index is 2.40. The van der Waals surface area contributed by atoms with Gasteiger partial charge in [0.1, 0.15) is 12.4 Å². The second-order valence-electron chi connectivity index (χ2n) is 6.39. The van der Waals surface area contributed by atoms with Crippen molar-refractivity contribution in [2.45, 2.75) is 25.7 Å². The Kier molecular flexibility index (Phi) is 3.29. The molecule has 2 radical (unpaired) electrons. The molecule has 22 heavy (non-hydrogen) atoms. The van der Waals surface area contributed by atoms with Crippen LogP contribution in [-0.2, 0) is 14.1 Å². The van der Waals surface area contributed by atoms with E-state index in [0.29, 0.717) is 0 Å². The maximum absolute atomic E-state index is 2.40. The van der Waals surface area contributed by atoms with Gasteiger partial charge in [0.25, 0.3) is 0 Å². The number of aryl methyl sites for hydroxylation is 2. The Hall–Kier alpha value is -2.03. The predicted molar refractivity (Wildman–Crippen MR) is 91.8 cm³/mol. The van der Waals surface area contributed by atoms with Crippen molar-refractivity contribution >= 4 is 24.7 Å². The van der Waals surface area contributed by atoms with Crippen molar-refractivity contribution in [3.63, 3.8) is 0 Å². The van der Waals surface area contributed by atoms with Gasteiger partial charge in [0, 0.05) is 5.72 Å². The zero-order valence-corrected chi connectivity index (χ0v) is 13.3. The van der Waals surface area contributed by atoms with Gasteiger partial charge in [-0.25, -0.2) is 0 Å². The zero-order valence-electron chi connectivity index (χ0n) is 13.3. The van der Waals surface area contributed by atoms with Crippen LogP contribution in [0.3, 0.4) is 0 Å². The van der Waals surface area contributed by atoms with Crippen LogP contribution < -0.4 is 10.3 Å². The molecule has 0 saturated carbocycles. The van der Waals surface area contributed by atoms with Crippen molar-refractivity contribution in [3.05, 3.63) is 58.8 Å². The third kappa shape index (κ3) is 2.16. The smallest absolute Gasteiger partial charge is 0.125 e. The molecule has 1 aromatic carbocycles. The van der Waals surface area contributed by atoms with Crippen molar-refractivity contribution in [3.8, 4) is 0 Å². The quantitative estimate of drug-likeness (QED) is 0.593. The Bertz CT molecular complexity index is 776. The summed E-state index contributed by atoms with van der Waals surface area (Å²) < 4.78 is 4.39. The van der Waals surface area contributed by atoms with E-state index >= 15 is 0 Å². The fourth-order valence-corrected chi connectivity index (χ4v) is 3.72. The van der Waals surface area contributed by atoms with Crippen LogP contribution in [0.25, 0.3) is 11.6 Å². The molecular weight excluding hydrogens is 267 g/mol. The maximum Gasteiger partial charge on any atom is 0.125 e. The van der Waals surface area contributed by atoms with E-state index in [1.165, 1.54) is 59.2 Å². The minimum absolute atomic E-state index is 1.17. The van der Waals surface area contributed by atoms with Gasteiger partial charge in [-0.3, -0.25) is 14.6 Å². The minimum Gasteiger partial charge on any atom is -0.280 e. The summed E-state index contributed by atoms with van der Waals surface area (Å²) in [5.74, 6) is 0. The summed E-state index contributed by atoms with van der Waals surface area (Å²) in [4.78, 5) is 0. The molecule has 1 heterocycles. The highest BCUT2D eigenvalue weighted by molar-refractivity contribution is 6.60. The van der Waals surface area contributed by atoms with Crippen LogP contribution in [-0.4, -0.2) is 11.8 Å². The number of hydrogen-bond donors (Lipinski definition) is 0. The van der Waals surface area contributed by atoms with E-state index in [1.54, 1.807) is 0 Å². The van der Waals surface area contributed by atoms with E-state index in [-0.39, 0.29) is 0 Å². The highest BCUT2D eigenvalue weighted by Crippen LogP contribution is 2.42. The number of hydrogen-bond acceptors (Lipinski definition) is 0. The Morgan fingerprint density at radius 3 is 2.77 bits per heavy atom. The first kappa shape index (κ1) is 13.6. The van der Waals surface area contributed by atoms with Gasteiger partial charge >= 0.3 is 0 Å². The van der Waals surface area contributed by atoms with E-state index in [0.717, 1.165) is 0 Å². The lowest BCUT2D eigenvalue weighted by atomic mass is 9.64. The number of imidazole rings is 1. The second-order valence-corrected chi connectivity index (χ2v) is 6.39. The number of fused-ring (bicyclic) bond motifs is 3. The van der Waals surface area contributed by atoms with Gasteiger partial charge in [-0.1, -0.05) is 48.8 Å². The van der Waals surface area contributed by atoms with Crippen molar-refractivity contribution < 1.29 is 4.57 Å². The van der Waals surface area contributed by atoms with Crippen LogP contribution >= 0.6 is 0 Å². The predicted octanol–water partition coefficient (Wildman–Crippen LogP) is 2.56. The summed E-state index contributed by atoms with van der Waals surface area (Å²) in [5.41, 5.74) is 8.58. The molecule has 0 N–H and O–H groups in total. The molecule has 2 nitrogen and oxygen atoms in total. The number of benzene rings is 1. The number of allylic oxidation sites excluding steroid dienone is 3. The van der Waals surface area contributed by atoms with Gasteiger partial charge in [-0.2, -0.15) is 7.28 Å². The average molecular weight is 288 g/mol.